The molecule has 4 heteroatoms. The first kappa shape index (κ1) is 11.4. The molecule has 0 aromatic heterocycles. The third-order valence-corrected chi connectivity index (χ3v) is 3.24. The monoisotopic (exact) mass is 241 g/mol. The number of alkyl halides is 1. The highest BCUT2D eigenvalue weighted by atomic mass is 35.5. The zero-order chi connectivity index (χ0) is 11.5. The third-order valence-electron chi connectivity index (χ3n) is 2.80. The van der Waals surface area contributed by atoms with Gasteiger partial charge in [-0.05, 0) is 23.6 Å². The molecule has 0 aliphatic carbocycles. The number of carbonyl (C=O) groups excluding carboxylic acids is 1. The standard InChI is InChI=1S/C12H13ClFNO/c13-6-10-5-12(16)15(8-10)7-9-1-3-11(14)4-2-9/h1-4,10H,5-8H2. The van der Waals surface area contributed by atoms with Gasteiger partial charge in [0.2, 0.25) is 5.91 Å². The van der Waals surface area contributed by atoms with Crippen LogP contribution in [0.1, 0.15) is 12.0 Å². The fourth-order valence-electron chi connectivity index (χ4n) is 1.92. The number of hydrogen-bond donors (Lipinski definition) is 0. The highest BCUT2D eigenvalue weighted by Gasteiger charge is 2.28. The molecule has 1 aliphatic heterocycles. The summed E-state index contributed by atoms with van der Waals surface area (Å²) in [6, 6.07) is 6.23. The lowest BCUT2D eigenvalue weighted by molar-refractivity contribution is -0.128. The Bertz CT molecular complexity index is 379. The van der Waals surface area contributed by atoms with Gasteiger partial charge in [-0.2, -0.15) is 0 Å². The maximum Gasteiger partial charge on any atom is 0.223 e. The van der Waals surface area contributed by atoms with E-state index < -0.39 is 0 Å². The lowest BCUT2D eigenvalue weighted by atomic mass is 10.1. The predicted octanol–water partition coefficient (Wildman–Crippen LogP) is 2.41. The van der Waals surface area contributed by atoms with Crippen molar-refractivity contribution < 1.29 is 9.18 Å². The van der Waals surface area contributed by atoms with Gasteiger partial charge in [0.15, 0.2) is 0 Å². The van der Waals surface area contributed by atoms with Crippen LogP contribution in [0.2, 0.25) is 0 Å². The predicted molar refractivity (Wildman–Crippen MR) is 60.6 cm³/mol. The second kappa shape index (κ2) is 4.83. The second-order valence-corrected chi connectivity index (χ2v) is 4.43. The Labute approximate surface area is 99.0 Å². The summed E-state index contributed by atoms with van der Waals surface area (Å²) in [5, 5.41) is 0. The molecule has 1 aliphatic rings. The molecule has 1 heterocycles. The second-order valence-electron chi connectivity index (χ2n) is 4.13. The number of rotatable bonds is 3. The number of hydrogen-bond acceptors (Lipinski definition) is 1. The van der Waals surface area contributed by atoms with Crippen LogP contribution in [-0.4, -0.2) is 23.2 Å². The molecule has 0 N–H and O–H groups in total. The molecule has 1 atom stereocenters. The smallest absolute Gasteiger partial charge is 0.223 e. The number of likely N-dealkylation sites (tertiary alicyclic amines) is 1. The lowest BCUT2D eigenvalue weighted by Gasteiger charge is -2.16. The molecule has 1 unspecified atom stereocenters. The van der Waals surface area contributed by atoms with Crippen molar-refractivity contribution in [2.75, 3.05) is 12.4 Å². The summed E-state index contributed by atoms with van der Waals surface area (Å²) in [6.07, 6.45) is 0.532. The van der Waals surface area contributed by atoms with Crippen molar-refractivity contribution in [3.8, 4) is 0 Å². The van der Waals surface area contributed by atoms with E-state index in [0.717, 1.165) is 5.56 Å². The van der Waals surface area contributed by atoms with Gasteiger partial charge in [-0.3, -0.25) is 4.79 Å². The van der Waals surface area contributed by atoms with E-state index in [0.29, 0.717) is 25.4 Å². The maximum atomic E-state index is 12.7. The first-order chi connectivity index (χ1) is 7.69. The average molecular weight is 242 g/mol. The van der Waals surface area contributed by atoms with Crippen LogP contribution in [0.25, 0.3) is 0 Å². The Morgan fingerprint density at radius 3 is 2.62 bits per heavy atom. The first-order valence-electron chi connectivity index (χ1n) is 5.27. The molecule has 1 saturated heterocycles. The molecule has 1 aromatic carbocycles. The zero-order valence-corrected chi connectivity index (χ0v) is 9.58. The molecule has 0 spiro atoms. The Morgan fingerprint density at radius 2 is 2.06 bits per heavy atom. The summed E-state index contributed by atoms with van der Waals surface area (Å²) >= 11 is 5.73. The molecule has 86 valence electrons. The van der Waals surface area contributed by atoms with Crippen molar-refractivity contribution in [2.24, 2.45) is 5.92 Å². The Morgan fingerprint density at radius 1 is 1.38 bits per heavy atom. The van der Waals surface area contributed by atoms with Crippen LogP contribution >= 0.6 is 11.6 Å². The highest BCUT2D eigenvalue weighted by Crippen LogP contribution is 2.21. The zero-order valence-electron chi connectivity index (χ0n) is 8.83. The molecule has 0 bridgehead atoms. The summed E-state index contributed by atoms with van der Waals surface area (Å²) < 4.78 is 12.7. The Hall–Kier alpha value is -1.09. The Kier molecular flexibility index (Phi) is 3.44. The first-order valence-corrected chi connectivity index (χ1v) is 5.80. The van der Waals surface area contributed by atoms with E-state index >= 15 is 0 Å². The van der Waals surface area contributed by atoms with E-state index in [9.17, 15) is 9.18 Å². The summed E-state index contributed by atoms with van der Waals surface area (Å²) in [5.41, 5.74) is 0.949. The van der Waals surface area contributed by atoms with Crippen molar-refractivity contribution >= 4 is 17.5 Å². The van der Waals surface area contributed by atoms with E-state index in [1.807, 2.05) is 0 Å². The molecular weight excluding hydrogens is 229 g/mol. The van der Waals surface area contributed by atoms with E-state index in [1.54, 1.807) is 17.0 Å². The van der Waals surface area contributed by atoms with Crippen molar-refractivity contribution in [3.63, 3.8) is 0 Å². The number of halogens is 2. The SMILES string of the molecule is O=C1CC(CCl)CN1Cc1ccc(F)cc1. The molecule has 0 radical (unpaired) electrons. The fraction of sp³-hybridized carbons (Fsp3) is 0.417. The number of benzene rings is 1. The van der Waals surface area contributed by atoms with Gasteiger partial charge in [0.25, 0.3) is 0 Å². The summed E-state index contributed by atoms with van der Waals surface area (Å²) in [7, 11) is 0. The van der Waals surface area contributed by atoms with Gasteiger partial charge < -0.3 is 4.90 Å². The van der Waals surface area contributed by atoms with Crippen LogP contribution in [-0.2, 0) is 11.3 Å². The minimum absolute atomic E-state index is 0.134. The van der Waals surface area contributed by atoms with E-state index in [4.69, 9.17) is 11.6 Å². The quantitative estimate of drug-likeness (QED) is 0.745. The van der Waals surface area contributed by atoms with Crippen molar-refractivity contribution in [1.29, 1.82) is 0 Å². The van der Waals surface area contributed by atoms with Crippen LogP contribution in [0.4, 0.5) is 4.39 Å². The lowest BCUT2D eigenvalue weighted by Crippen LogP contribution is -2.24. The summed E-state index contributed by atoms with van der Waals surface area (Å²) in [6.45, 7) is 1.26. The van der Waals surface area contributed by atoms with Crippen LogP contribution < -0.4 is 0 Å². The van der Waals surface area contributed by atoms with Crippen LogP contribution in [0.5, 0.6) is 0 Å². The van der Waals surface area contributed by atoms with Gasteiger partial charge in [-0.15, -0.1) is 11.6 Å². The third kappa shape index (κ3) is 2.53. The minimum atomic E-state index is -0.255. The largest absolute Gasteiger partial charge is 0.338 e. The average Bonchev–Trinajstić information content (AvgIpc) is 2.63. The van der Waals surface area contributed by atoms with Gasteiger partial charge >= 0.3 is 0 Å². The molecule has 1 aromatic rings. The number of amides is 1. The number of carbonyl (C=O) groups is 1. The van der Waals surface area contributed by atoms with Crippen LogP contribution in [0.3, 0.4) is 0 Å². The van der Waals surface area contributed by atoms with Gasteiger partial charge in [0.1, 0.15) is 5.82 Å². The van der Waals surface area contributed by atoms with E-state index in [-0.39, 0.29) is 17.6 Å². The molecular formula is C12H13ClFNO. The highest BCUT2D eigenvalue weighted by molar-refractivity contribution is 6.18. The van der Waals surface area contributed by atoms with Crippen molar-refractivity contribution in [1.82, 2.24) is 4.90 Å². The summed E-state index contributed by atoms with van der Waals surface area (Å²) in [4.78, 5) is 13.4. The number of nitrogens with zero attached hydrogens (tertiary/aromatic N) is 1. The molecule has 1 amide bonds. The van der Waals surface area contributed by atoms with Gasteiger partial charge in [-0.25, -0.2) is 4.39 Å². The normalized spacial score (nSPS) is 20.5. The summed E-state index contributed by atoms with van der Waals surface area (Å²) in [5.74, 6) is 0.658. The van der Waals surface area contributed by atoms with Gasteiger partial charge in [0, 0.05) is 25.4 Å². The molecule has 1 fully saturated rings. The van der Waals surface area contributed by atoms with Crippen LogP contribution in [0, 0.1) is 11.7 Å². The Balaban J connectivity index is 2.00. The molecule has 16 heavy (non-hydrogen) atoms. The fourth-order valence-corrected chi connectivity index (χ4v) is 2.13. The van der Waals surface area contributed by atoms with Crippen molar-refractivity contribution in [3.05, 3.63) is 35.6 Å². The van der Waals surface area contributed by atoms with E-state index in [1.165, 1.54) is 12.1 Å². The van der Waals surface area contributed by atoms with Crippen LogP contribution in [0.15, 0.2) is 24.3 Å². The molecule has 2 nitrogen and oxygen atoms in total. The van der Waals surface area contributed by atoms with E-state index in [2.05, 4.69) is 0 Å². The van der Waals surface area contributed by atoms with Crippen molar-refractivity contribution in [2.45, 2.75) is 13.0 Å². The minimum Gasteiger partial charge on any atom is -0.338 e. The van der Waals surface area contributed by atoms with Gasteiger partial charge in [-0.1, -0.05) is 12.1 Å². The molecule has 0 saturated carbocycles. The topological polar surface area (TPSA) is 20.3 Å². The molecule has 2 rings (SSSR count). The van der Waals surface area contributed by atoms with Gasteiger partial charge in [0.05, 0.1) is 0 Å². The maximum absolute atomic E-state index is 12.7.